The van der Waals surface area contributed by atoms with E-state index in [2.05, 4.69) is 13.8 Å². The Bertz CT molecular complexity index is 156. The van der Waals surface area contributed by atoms with Crippen LogP contribution in [-0.2, 0) is 4.79 Å². The summed E-state index contributed by atoms with van der Waals surface area (Å²) < 4.78 is 0. The number of carbonyl (C=O) groups is 1. The lowest BCUT2D eigenvalue weighted by Crippen LogP contribution is -2.06. The molecule has 1 nitrogen and oxygen atoms in total. The summed E-state index contributed by atoms with van der Waals surface area (Å²) >= 11 is 0. The molecule has 1 atom stereocenters. The van der Waals surface area contributed by atoms with Crippen LogP contribution in [0.1, 0.15) is 40.5 Å². The summed E-state index contributed by atoms with van der Waals surface area (Å²) in [5.41, 5.74) is 0.979. The zero-order valence-electron chi connectivity index (χ0n) is 7.98. The third kappa shape index (κ3) is 3.35. The third-order valence-electron chi connectivity index (χ3n) is 1.97. The van der Waals surface area contributed by atoms with Gasteiger partial charge in [-0.3, -0.25) is 4.79 Å². The molecule has 0 bridgehead atoms. The van der Waals surface area contributed by atoms with Crippen molar-refractivity contribution >= 4 is 5.78 Å². The molecule has 11 heavy (non-hydrogen) atoms. The number of carbonyl (C=O) groups excluding carboxylic acids is 1. The maximum Gasteiger partial charge on any atom is 0.155 e. The minimum Gasteiger partial charge on any atom is -0.295 e. The number of hydrogen-bond donors (Lipinski definition) is 0. The molecule has 0 saturated carbocycles. The highest BCUT2D eigenvalue weighted by molar-refractivity contribution is 5.93. The Morgan fingerprint density at radius 2 is 2.09 bits per heavy atom. The molecule has 0 aromatic rings. The molecule has 0 N–H and O–H groups in total. The maximum absolute atomic E-state index is 11.0. The molecule has 0 aromatic carbocycles. The van der Waals surface area contributed by atoms with Gasteiger partial charge < -0.3 is 0 Å². The van der Waals surface area contributed by atoms with Gasteiger partial charge >= 0.3 is 0 Å². The first kappa shape index (κ1) is 10.4. The highest BCUT2D eigenvalue weighted by Crippen LogP contribution is 2.16. The van der Waals surface area contributed by atoms with Gasteiger partial charge in [-0.05, 0) is 31.8 Å². The number of hydrogen-bond acceptors (Lipinski definition) is 1. The lowest BCUT2D eigenvalue weighted by Gasteiger charge is -2.11. The van der Waals surface area contributed by atoms with Crippen molar-refractivity contribution in [1.29, 1.82) is 0 Å². The molecule has 64 valence electrons. The van der Waals surface area contributed by atoms with Gasteiger partial charge in [0, 0.05) is 0 Å². The van der Waals surface area contributed by atoms with E-state index >= 15 is 0 Å². The van der Waals surface area contributed by atoms with E-state index in [1.807, 2.05) is 13.0 Å². The fraction of sp³-hybridized carbons (Fsp3) is 0.700. The van der Waals surface area contributed by atoms with Gasteiger partial charge in [0.05, 0.1) is 0 Å². The maximum atomic E-state index is 11.0. The van der Waals surface area contributed by atoms with Crippen molar-refractivity contribution in [1.82, 2.24) is 0 Å². The standard InChI is InChI=1S/C10H18O/c1-5-7-8(3)10(6-2)9(4)11/h6,8H,5,7H2,1-4H3/b10-6-. The van der Waals surface area contributed by atoms with Crippen molar-refractivity contribution < 1.29 is 4.79 Å². The molecule has 0 saturated heterocycles. The van der Waals surface area contributed by atoms with Gasteiger partial charge in [0.15, 0.2) is 5.78 Å². The molecule has 0 aliphatic rings. The first-order chi connectivity index (χ1) is 5.13. The van der Waals surface area contributed by atoms with Gasteiger partial charge in [0.2, 0.25) is 0 Å². The van der Waals surface area contributed by atoms with Gasteiger partial charge in [-0.25, -0.2) is 0 Å². The van der Waals surface area contributed by atoms with Crippen molar-refractivity contribution in [3.8, 4) is 0 Å². The molecule has 0 rings (SSSR count). The fourth-order valence-electron chi connectivity index (χ4n) is 1.42. The van der Waals surface area contributed by atoms with Crippen molar-refractivity contribution in [2.45, 2.75) is 40.5 Å². The van der Waals surface area contributed by atoms with Crippen molar-refractivity contribution in [2.75, 3.05) is 0 Å². The quantitative estimate of drug-likeness (QED) is 0.569. The zero-order chi connectivity index (χ0) is 8.85. The lowest BCUT2D eigenvalue weighted by atomic mass is 9.93. The van der Waals surface area contributed by atoms with Crippen LogP contribution in [0.4, 0.5) is 0 Å². The smallest absolute Gasteiger partial charge is 0.155 e. The van der Waals surface area contributed by atoms with Gasteiger partial charge in [-0.15, -0.1) is 0 Å². The zero-order valence-corrected chi connectivity index (χ0v) is 7.98. The van der Waals surface area contributed by atoms with E-state index < -0.39 is 0 Å². The van der Waals surface area contributed by atoms with E-state index in [4.69, 9.17) is 0 Å². The van der Waals surface area contributed by atoms with E-state index in [0.29, 0.717) is 5.92 Å². The minimum absolute atomic E-state index is 0.216. The molecule has 1 unspecified atom stereocenters. The predicted molar refractivity (Wildman–Crippen MR) is 48.5 cm³/mol. The topological polar surface area (TPSA) is 17.1 Å². The molecule has 0 fully saturated rings. The Balaban J connectivity index is 4.16. The summed E-state index contributed by atoms with van der Waals surface area (Å²) in [5, 5.41) is 0. The summed E-state index contributed by atoms with van der Waals surface area (Å²) in [4.78, 5) is 11.0. The average Bonchev–Trinajstić information content (AvgIpc) is 1.88. The molecule has 0 amide bonds. The Morgan fingerprint density at radius 3 is 2.36 bits per heavy atom. The second kappa shape index (κ2) is 5.11. The van der Waals surface area contributed by atoms with Gasteiger partial charge in [0.1, 0.15) is 0 Å². The first-order valence-electron chi connectivity index (χ1n) is 4.30. The van der Waals surface area contributed by atoms with Crippen LogP contribution in [0, 0.1) is 5.92 Å². The van der Waals surface area contributed by atoms with Gasteiger partial charge in [-0.1, -0.05) is 26.3 Å². The number of allylic oxidation sites excluding steroid dienone is 2. The number of ketones is 1. The Hall–Kier alpha value is -0.590. The van der Waals surface area contributed by atoms with Crippen LogP contribution >= 0.6 is 0 Å². The second-order valence-corrected chi connectivity index (χ2v) is 2.99. The van der Waals surface area contributed by atoms with Crippen molar-refractivity contribution in [2.24, 2.45) is 5.92 Å². The molecule has 1 heteroatoms. The summed E-state index contributed by atoms with van der Waals surface area (Å²) in [6.45, 7) is 7.83. The number of Topliss-reactive ketones (excluding diaryl/α,β-unsaturated/α-hetero) is 1. The summed E-state index contributed by atoms with van der Waals surface area (Å²) in [5.74, 6) is 0.649. The minimum atomic E-state index is 0.216. The van der Waals surface area contributed by atoms with Crippen LogP contribution in [0.3, 0.4) is 0 Å². The molecule has 0 aromatic heterocycles. The average molecular weight is 154 g/mol. The fourth-order valence-corrected chi connectivity index (χ4v) is 1.42. The molecular formula is C10H18O. The number of rotatable bonds is 4. The van der Waals surface area contributed by atoms with E-state index in [9.17, 15) is 4.79 Å². The Morgan fingerprint density at radius 1 is 1.55 bits per heavy atom. The van der Waals surface area contributed by atoms with E-state index in [0.717, 1.165) is 18.4 Å². The van der Waals surface area contributed by atoms with Crippen LogP contribution in [0.25, 0.3) is 0 Å². The monoisotopic (exact) mass is 154 g/mol. The van der Waals surface area contributed by atoms with Crippen LogP contribution in [0.5, 0.6) is 0 Å². The van der Waals surface area contributed by atoms with Gasteiger partial charge in [0.25, 0.3) is 0 Å². The molecule has 0 aliphatic carbocycles. The van der Waals surface area contributed by atoms with E-state index in [-0.39, 0.29) is 5.78 Å². The highest BCUT2D eigenvalue weighted by atomic mass is 16.1. The van der Waals surface area contributed by atoms with Crippen LogP contribution in [-0.4, -0.2) is 5.78 Å². The van der Waals surface area contributed by atoms with Crippen LogP contribution < -0.4 is 0 Å². The molecule has 0 spiro atoms. The molecule has 0 heterocycles. The van der Waals surface area contributed by atoms with Crippen LogP contribution in [0.15, 0.2) is 11.6 Å². The normalized spacial score (nSPS) is 14.7. The molecule has 0 aliphatic heterocycles. The first-order valence-corrected chi connectivity index (χ1v) is 4.30. The summed E-state index contributed by atoms with van der Waals surface area (Å²) in [6.07, 6.45) is 4.19. The predicted octanol–water partition coefficient (Wildman–Crippen LogP) is 2.96. The Kier molecular flexibility index (Phi) is 4.84. The lowest BCUT2D eigenvalue weighted by molar-refractivity contribution is -0.114. The van der Waals surface area contributed by atoms with E-state index in [1.165, 1.54) is 0 Å². The summed E-state index contributed by atoms with van der Waals surface area (Å²) in [6, 6.07) is 0. The molecule has 0 radical (unpaired) electrons. The second-order valence-electron chi connectivity index (χ2n) is 2.99. The van der Waals surface area contributed by atoms with Crippen molar-refractivity contribution in [3.63, 3.8) is 0 Å². The highest BCUT2D eigenvalue weighted by Gasteiger charge is 2.10. The van der Waals surface area contributed by atoms with Crippen molar-refractivity contribution in [3.05, 3.63) is 11.6 Å². The third-order valence-corrected chi connectivity index (χ3v) is 1.97. The largest absolute Gasteiger partial charge is 0.295 e. The van der Waals surface area contributed by atoms with Gasteiger partial charge in [-0.2, -0.15) is 0 Å². The molecular weight excluding hydrogens is 136 g/mol. The van der Waals surface area contributed by atoms with Crippen LogP contribution in [0.2, 0.25) is 0 Å². The SMILES string of the molecule is C/C=C(\C(C)=O)C(C)CCC. The Labute approximate surface area is 69.5 Å². The van der Waals surface area contributed by atoms with E-state index in [1.54, 1.807) is 6.92 Å². The summed E-state index contributed by atoms with van der Waals surface area (Å²) in [7, 11) is 0.